The van der Waals surface area contributed by atoms with Crippen LogP contribution in [0.4, 0.5) is 10.6 Å². The van der Waals surface area contributed by atoms with Crippen LogP contribution in [0.5, 0.6) is 0 Å². The molecule has 21 heavy (non-hydrogen) atoms. The number of nitrogens with zero attached hydrogens (tertiary/aromatic N) is 3. The predicted octanol–water partition coefficient (Wildman–Crippen LogP) is 3.40. The fraction of sp³-hybridized carbons (Fsp3) is 0.571. The third kappa shape index (κ3) is 4.88. The topological polar surface area (TPSA) is 45.7 Å². The minimum Gasteiger partial charge on any atom is -0.444 e. The number of hydrogen-bond donors (Lipinski definition) is 0. The molecule has 5 nitrogen and oxygen atoms in total. The number of hydrogen-bond acceptors (Lipinski definition) is 4. The fourth-order valence-electron chi connectivity index (χ4n) is 2.06. The Morgan fingerprint density at radius 1 is 1.29 bits per heavy atom. The first-order valence-electron chi connectivity index (χ1n) is 6.80. The zero-order valence-electron chi connectivity index (χ0n) is 12.4. The molecule has 1 fully saturated rings. The predicted molar refractivity (Wildman–Crippen MR) is 92.0 cm³/mol. The quantitative estimate of drug-likeness (QED) is 0.513. The molecule has 2 rings (SSSR count). The number of piperazine rings is 1. The largest absolute Gasteiger partial charge is 0.444 e. The van der Waals surface area contributed by atoms with Crippen LogP contribution in [0, 0.1) is 3.57 Å². The monoisotopic (exact) mass is 423 g/mol. The maximum Gasteiger partial charge on any atom is 0.410 e. The van der Waals surface area contributed by atoms with Crippen molar-refractivity contribution in [1.82, 2.24) is 9.88 Å². The van der Waals surface area contributed by atoms with Crippen molar-refractivity contribution in [2.75, 3.05) is 31.1 Å². The van der Waals surface area contributed by atoms with E-state index in [0.29, 0.717) is 18.2 Å². The molecule has 2 heterocycles. The number of carbonyl (C=O) groups is 1. The number of ether oxygens (including phenoxy) is 1. The maximum absolute atomic E-state index is 12.0. The van der Waals surface area contributed by atoms with Gasteiger partial charge >= 0.3 is 6.09 Å². The van der Waals surface area contributed by atoms with Crippen molar-refractivity contribution in [3.63, 3.8) is 0 Å². The molecule has 0 N–H and O–H groups in total. The Balaban J connectivity index is 1.95. The Hall–Kier alpha value is -0.760. The molecule has 0 unspecified atom stereocenters. The Morgan fingerprint density at radius 3 is 2.43 bits per heavy atom. The van der Waals surface area contributed by atoms with Crippen LogP contribution in [-0.2, 0) is 4.74 Å². The summed E-state index contributed by atoms with van der Waals surface area (Å²) in [5.74, 6) is 0.857. The van der Waals surface area contributed by atoms with Crippen LogP contribution in [0.2, 0.25) is 5.15 Å². The molecule has 0 aromatic carbocycles. The van der Waals surface area contributed by atoms with Crippen molar-refractivity contribution in [1.29, 1.82) is 0 Å². The van der Waals surface area contributed by atoms with Crippen LogP contribution in [0.3, 0.4) is 0 Å². The second-order valence-corrected chi connectivity index (χ2v) is 7.55. The van der Waals surface area contributed by atoms with E-state index in [1.54, 1.807) is 4.90 Å². The third-order valence-electron chi connectivity index (χ3n) is 3.00. The summed E-state index contributed by atoms with van der Waals surface area (Å²) in [6.07, 6.45) is -0.254. The second kappa shape index (κ2) is 6.56. The van der Waals surface area contributed by atoms with E-state index in [0.717, 1.165) is 22.5 Å². The molecule has 1 aromatic heterocycles. The van der Waals surface area contributed by atoms with Gasteiger partial charge < -0.3 is 14.5 Å². The summed E-state index contributed by atoms with van der Waals surface area (Å²) < 4.78 is 6.44. The highest BCUT2D eigenvalue weighted by atomic mass is 127. The van der Waals surface area contributed by atoms with Gasteiger partial charge in [0, 0.05) is 29.7 Å². The summed E-state index contributed by atoms with van der Waals surface area (Å²) in [5, 5.41) is 0.492. The molecular formula is C14H19ClIN3O2. The first-order chi connectivity index (χ1) is 9.74. The SMILES string of the molecule is CC(C)(C)OC(=O)N1CCN(c2cc(I)cc(Cl)n2)CC1. The average Bonchev–Trinajstić information content (AvgIpc) is 2.35. The number of rotatable bonds is 1. The van der Waals surface area contributed by atoms with Gasteiger partial charge in [-0.25, -0.2) is 9.78 Å². The normalized spacial score (nSPS) is 16.0. The van der Waals surface area contributed by atoms with Crippen molar-refractivity contribution in [2.45, 2.75) is 26.4 Å². The van der Waals surface area contributed by atoms with Gasteiger partial charge in [-0.1, -0.05) is 11.6 Å². The number of pyridine rings is 1. The lowest BCUT2D eigenvalue weighted by molar-refractivity contribution is 0.0240. The van der Waals surface area contributed by atoms with Crippen molar-refractivity contribution in [2.24, 2.45) is 0 Å². The van der Waals surface area contributed by atoms with E-state index in [-0.39, 0.29) is 6.09 Å². The highest BCUT2D eigenvalue weighted by Gasteiger charge is 2.26. The number of halogens is 2. The summed E-state index contributed by atoms with van der Waals surface area (Å²) >= 11 is 8.21. The molecule has 0 atom stereocenters. The lowest BCUT2D eigenvalue weighted by Crippen LogP contribution is -2.50. The van der Waals surface area contributed by atoms with E-state index in [4.69, 9.17) is 16.3 Å². The molecule has 1 aliphatic rings. The molecule has 0 radical (unpaired) electrons. The highest BCUT2D eigenvalue weighted by molar-refractivity contribution is 14.1. The minimum atomic E-state index is -0.459. The van der Waals surface area contributed by atoms with Gasteiger partial charge in [0.25, 0.3) is 0 Å². The van der Waals surface area contributed by atoms with Crippen LogP contribution < -0.4 is 4.90 Å². The van der Waals surface area contributed by atoms with Crippen LogP contribution in [0.1, 0.15) is 20.8 Å². The Bertz CT molecular complexity index is 505. The van der Waals surface area contributed by atoms with Gasteiger partial charge in [-0.15, -0.1) is 0 Å². The summed E-state index contributed by atoms with van der Waals surface area (Å²) in [5.41, 5.74) is -0.459. The van der Waals surface area contributed by atoms with Crippen molar-refractivity contribution in [3.05, 3.63) is 20.9 Å². The van der Waals surface area contributed by atoms with Gasteiger partial charge in [-0.2, -0.15) is 0 Å². The van der Waals surface area contributed by atoms with Gasteiger partial charge in [0.15, 0.2) is 0 Å². The maximum atomic E-state index is 12.0. The third-order valence-corrected chi connectivity index (χ3v) is 3.82. The zero-order chi connectivity index (χ0) is 15.6. The Kier molecular flexibility index (Phi) is 5.19. The average molecular weight is 424 g/mol. The lowest BCUT2D eigenvalue weighted by atomic mass is 10.2. The molecule has 7 heteroatoms. The van der Waals surface area contributed by atoms with Crippen LogP contribution in [-0.4, -0.2) is 47.8 Å². The summed E-state index contributed by atoms with van der Waals surface area (Å²) in [7, 11) is 0. The van der Waals surface area contributed by atoms with Crippen molar-refractivity contribution >= 4 is 46.1 Å². The van der Waals surface area contributed by atoms with E-state index < -0.39 is 5.60 Å². The van der Waals surface area contributed by atoms with Gasteiger partial charge in [0.2, 0.25) is 0 Å². The smallest absolute Gasteiger partial charge is 0.410 e. The van der Waals surface area contributed by atoms with Crippen LogP contribution in [0.25, 0.3) is 0 Å². The highest BCUT2D eigenvalue weighted by Crippen LogP contribution is 2.21. The van der Waals surface area contributed by atoms with Gasteiger partial charge in [-0.3, -0.25) is 0 Å². The van der Waals surface area contributed by atoms with E-state index in [1.807, 2.05) is 32.9 Å². The Morgan fingerprint density at radius 2 is 1.90 bits per heavy atom. The number of amides is 1. The number of aromatic nitrogens is 1. The van der Waals surface area contributed by atoms with Crippen molar-refractivity contribution in [3.8, 4) is 0 Å². The lowest BCUT2D eigenvalue weighted by Gasteiger charge is -2.36. The molecule has 1 amide bonds. The van der Waals surface area contributed by atoms with Crippen LogP contribution >= 0.6 is 34.2 Å². The molecule has 1 aliphatic heterocycles. The molecule has 1 saturated heterocycles. The van der Waals surface area contributed by atoms with E-state index in [1.165, 1.54) is 0 Å². The standard InChI is InChI=1S/C14H19ClIN3O2/c1-14(2,3)21-13(20)19-6-4-18(5-7-19)12-9-10(16)8-11(15)17-12/h8-9H,4-7H2,1-3H3. The summed E-state index contributed by atoms with van der Waals surface area (Å²) in [4.78, 5) is 20.2. The number of anilines is 1. The first kappa shape index (κ1) is 16.6. The molecule has 1 aromatic rings. The number of carbonyl (C=O) groups excluding carboxylic acids is 1. The summed E-state index contributed by atoms with van der Waals surface area (Å²) in [6.45, 7) is 8.32. The Labute approximate surface area is 143 Å². The van der Waals surface area contributed by atoms with Gasteiger partial charge in [0.1, 0.15) is 16.6 Å². The van der Waals surface area contributed by atoms with Gasteiger partial charge in [0.05, 0.1) is 0 Å². The molecule has 0 saturated carbocycles. The summed E-state index contributed by atoms with van der Waals surface area (Å²) in [6, 6.07) is 3.82. The molecule has 116 valence electrons. The molecule has 0 aliphatic carbocycles. The fourth-order valence-corrected chi connectivity index (χ4v) is 3.02. The van der Waals surface area contributed by atoms with Crippen molar-refractivity contribution < 1.29 is 9.53 Å². The minimum absolute atomic E-state index is 0.254. The molecule has 0 bridgehead atoms. The van der Waals surface area contributed by atoms with Gasteiger partial charge in [-0.05, 0) is 55.5 Å². The zero-order valence-corrected chi connectivity index (χ0v) is 15.3. The van der Waals surface area contributed by atoms with E-state index in [2.05, 4.69) is 32.5 Å². The van der Waals surface area contributed by atoms with E-state index >= 15 is 0 Å². The molecular weight excluding hydrogens is 405 g/mol. The van der Waals surface area contributed by atoms with Crippen LogP contribution in [0.15, 0.2) is 12.1 Å². The second-order valence-electron chi connectivity index (χ2n) is 5.92. The van der Waals surface area contributed by atoms with E-state index in [9.17, 15) is 4.79 Å². The first-order valence-corrected chi connectivity index (χ1v) is 8.26. The molecule has 0 spiro atoms.